The van der Waals surface area contributed by atoms with Crippen LogP contribution in [0.15, 0.2) is 24.3 Å². The van der Waals surface area contributed by atoms with E-state index in [1.165, 1.54) is 11.3 Å². The third-order valence-corrected chi connectivity index (χ3v) is 5.78. The lowest BCUT2D eigenvalue weighted by molar-refractivity contribution is 0.0623. The fourth-order valence-electron chi connectivity index (χ4n) is 3.22. The highest BCUT2D eigenvalue weighted by Crippen LogP contribution is 2.31. The molecule has 2 aromatic rings. The Hall–Kier alpha value is -1.92. The topological polar surface area (TPSA) is 68.5 Å². The first-order valence-electron chi connectivity index (χ1n) is 8.76. The number of nitrogens with zero attached hydrogens (tertiary/aromatic N) is 2. The highest BCUT2D eigenvalue weighted by atomic mass is 32.1. The molecule has 1 fully saturated rings. The van der Waals surface area contributed by atoms with Crippen molar-refractivity contribution in [3.8, 4) is 16.3 Å². The Balaban J connectivity index is 1.81. The maximum atomic E-state index is 13.0. The molecule has 0 unspecified atom stereocenters. The standard InChI is InChI=1S/C19H25N3O2S/c1-4-24-16-7-5-14(6-8-16)18-21-13(3)17(25-18)19(23)22-10-9-15(20)11-12(22)2/h5-8,12,15H,4,9-11,20H2,1-3H3/t12-,15+/m1/s1. The second kappa shape index (κ2) is 7.54. The summed E-state index contributed by atoms with van der Waals surface area (Å²) in [4.78, 5) is 20.2. The first-order valence-corrected chi connectivity index (χ1v) is 9.58. The van der Waals surface area contributed by atoms with Gasteiger partial charge in [0.2, 0.25) is 0 Å². The van der Waals surface area contributed by atoms with Crippen molar-refractivity contribution in [2.75, 3.05) is 13.2 Å². The number of carbonyl (C=O) groups excluding carboxylic acids is 1. The molecule has 2 N–H and O–H groups in total. The van der Waals surface area contributed by atoms with E-state index in [-0.39, 0.29) is 18.0 Å². The van der Waals surface area contributed by atoms with E-state index in [0.717, 1.165) is 46.3 Å². The van der Waals surface area contributed by atoms with Crippen molar-refractivity contribution in [3.63, 3.8) is 0 Å². The van der Waals surface area contributed by atoms with Gasteiger partial charge in [0.25, 0.3) is 5.91 Å². The van der Waals surface area contributed by atoms with E-state index in [1.54, 1.807) is 0 Å². The highest BCUT2D eigenvalue weighted by Gasteiger charge is 2.30. The molecule has 25 heavy (non-hydrogen) atoms. The number of aromatic nitrogens is 1. The van der Waals surface area contributed by atoms with Crippen molar-refractivity contribution < 1.29 is 9.53 Å². The van der Waals surface area contributed by atoms with Gasteiger partial charge in [-0.3, -0.25) is 4.79 Å². The number of piperidine rings is 1. The van der Waals surface area contributed by atoms with Crippen LogP contribution in [0.4, 0.5) is 0 Å². The Morgan fingerprint density at radius 1 is 1.40 bits per heavy atom. The maximum Gasteiger partial charge on any atom is 0.266 e. The molecule has 1 aliphatic heterocycles. The number of hydrogen-bond donors (Lipinski definition) is 1. The second-order valence-electron chi connectivity index (χ2n) is 6.52. The van der Waals surface area contributed by atoms with E-state index in [0.29, 0.717) is 6.61 Å². The number of thiazole rings is 1. The van der Waals surface area contributed by atoms with Gasteiger partial charge < -0.3 is 15.4 Å². The average Bonchev–Trinajstić information content (AvgIpc) is 2.97. The van der Waals surface area contributed by atoms with Gasteiger partial charge in [-0.05, 0) is 57.9 Å². The molecule has 0 radical (unpaired) electrons. The fourth-order valence-corrected chi connectivity index (χ4v) is 4.25. The number of ether oxygens (including phenoxy) is 1. The van der Waals surface area contributed by atoms with Gasteiger partial charge in [-0.25, -0.2) is 4.98 Å². The van der Waals surface area contributed by atoms with Crippen LogP contribution in [-0.4, -0.2) is 41.0 Å². The Kier molecular flexibility index (Phi) is 5.39. The van der Waals surface area contributed by atoms with Gasteiger partial charge in [0, 0.05) is 24.2 Å². The molecule has 134 valence electrons. The lowest BCUT2D eigenvalue weighted by Crippen LogP contribution is -2.48. The first-order chi connectivity index (χ1) is 12.0. The van der Waals surface area contributed by atoms with E-state index >= 15 is 0 Å². The fraction of sp³-hybridized carbons (Fsp3) is 0.474. The summed E-state index contributed by atoms with van der Waals surface area (Å²) in [6, 6.07) is 8.21. The lowest BCUT2D eigenvalue weighted by atomic mass is 9.99. The first kappa shape index (κ1) is 17.9. The zero-order valence-corrected chi connectivity index (χ0v) is 15.8. The van der Waals surface area contributed by atoms with Crippen LogP contribution in [0.1, 0.15) is 42.1 Å². The molecule has 2 heterocycles. The average molecular weight is 359 g/mol. The number of amides is 1. The number of nitrogens with two attached hydrogens (primary N) is 1. The molecule has 1 aromatic carbocycles. The number of benzene rings is 1. The molecule has 0 spiro atoms. The van der Waals surface area contributed by atoms with Crippen LogP contribution in [0.3, 0.4) is 0 Å². The summed E-state index contributed by atoms with van der Waals surface area (Å²) in [5.41, 5.74) is 7.81. The summed E-state index contributed by atoms with van der Waals surface area (Å²) in [5.74, 6) is 0.917. The van der Waals surface area contributed by atoms with Crippen LogP contribution < -0.4 is 10.5 Å². The van der Waals surface area contributed by atoms with E-state index < -0.39 is 0 Å². The Morgan fingerprint density at radius 2 is 2.12 bits per heavy atom. The molecule has 3 rings (SSSR count). The smallest absolute Gasteiger partial charge is 0.266 e. The molecule has 0 bridgehead atoms. The third kappa shape index (κ3) is 3.85. The van der Waals surface area contributed by atoms with Crippen LogP contribution in [-0.2, 0) is 0 Å². The van der Waals surface area contributed by atoms with Crippen LogP contribution in [0, 0.1) is 6.92 Å². The maximum absolute atomic E-state index is 13.0. The zero-order valence-electron chi connectivity index (χ0n) is 15.0. The van der Waals surface area contributed by atoms with Gasteiger partial charge >= 0.3 is 0 Å². The van der Waals surface area contributed by atoms with Crippen LogP contribution in [0.25, 0.3) is 10.6 Å². The van der Waals surface area contributed by atoms with Crippen LogP contribution >= 0.6 is 11.3 Å². The quantitative estimate of drug-likeness (QED) is 0.907. The molecular weight excluding hydrogens is 334 g/mol. The minimum Gasteiger partial charge on any atom is -0.494 e. The molecule has 1 aromatic heterocycles. The monoisotopic (exact) mass is 359 g/mol. The summed E-state index contributed by atoms with van der Waals surface area (Å²) in [7, 11) is 0. The van der Waals surface area contributed by atoms with E-state index in [4.69, 9.17) is 10.5 Å². The van der Waals surface area contributed by atoms with Gasteiger partial charge in [0.15, 0.2) is 0 Å². The largest absolute Gasteiger partial charge is 0.494 e. The summed E-state index contributed by atoms with van der Waals surface area (Å²) in [6.07, 6.45) is 1.72. The van der Waals surface area contributed by atoms with Crippen molar-refractivity contribution in [1.29, 1.82) is 0 Å². The van der Waals surface area contributed by atoms with Gasteiger partial charge in [-0.1, -0.05) is 0 Å². The molecular formula is C19H25N3O2S. The molecule has 1 amide bonds. The summed E-state index contributed by atoms with van der Waals surface area (Å²) >= 11 is 1.46. The summed E-state index contributed by atoms with van der Waals surface area (Å²) in [6.45, 7) is 7.30. The van der Waals surface area contributed by atoms with Gasteiger partial charge in [0.1, 0.15) is 15.6 Å². The van der Waals surface area contributed by atoms with Crippen molar-refractivity contribution >= 4 is 17.2 Å². The Morgan fingerprint density at radius 3 is 2.76 bits per heavy atom. The van der Waals surface area contributed by atoms with Crippen molar-refractivity contribution in [3.05, 3.63) is 34.8 Å². The van der Waals surface area contributed by atoms with Gasteiger partial charge in [-0.15, -0.1) is 11.3 Å². The number of hydrogen-bond acceptors (Lipinski definition) is 5. The Bertz CT molecular complexity index is 742. The number of carbonyl (C=O) groups is 1. The second-order valence-corrected chi connectivity index (χ2v) is 7.52. The molecule has 0 aliphatic carbocycles. The van der Waals surface area contributed by atoms with Crippen molar-refractivity contribution in [2.24, 2.45) is 5.73 Å². The SMILES string of the molecule is CCOc1ccc(-c2nc(C)c(C(=O)N3CC[C@H](N)C[C@H]3C)s2)cc1. The van der Waals surface area contributed by atoms with Crippen LogP contribution in [0.5, 0.6) is 5.75 Å². The molecule has 2 atom stereocenters. The number of likely N-dealkylation sites (tertiary alicyclic amines) is 1. The van der Waals surface area contributed by atoms with Gasteiger partial charge in [-0.2, -0.15) is 0 Å². The summed E-state index contributed by atoms with van der Waals surface area (Å²) in [5, 5.41) is 0.866. The predicted octanol–water partition coefficient (Wildman–Crippen LogP) is 3.47. The third-order valence-electron chi connectivity index (χ3n) is 4.58. The molecule has 1 aliphatic rings. The van der Waals surface area contributed by atoms with Crippen molar-refractivity contribution in [1.82, 2.24) is 9.88 Å². The Labute approximate surface area is 152 Å². The van der Waals surface area contributed by atoms with E-state index in [2.05, 4.69) is 11.9 Å². The zero-order chi connectivity index (χ0) is 18.0. The normalized spacial score (nSPS) is 20.6. The molecule has 5 nitrogen and oxygen atoms in total. The molecule has 0 saturated carbocycles. The van der Waals surface area contributed by atoms with Crippen LogP contribution in [0.2, 0.25) is 0 Å². The van der Waals surface area contributed by atoms with Gasteiger partial charge in [0.05, 0.1) is 12.3 Å². The van der Waals surface area contributed by atoms with E-state index in [1.807, 2.05) is 43.0 Å². The summed E-state index contributed by atoms with van der Waals surface area (Å²) < 4.78 is 5.48. The number of aryl methyl sites for hydroxylation is 1. The molecule has 6 heteroatoms. The van der Waals surface area contributed by atoms with Crippen molar-refractivity contribution in [2.45, 2.75) is 45.7 Å². The minimum atomic E-state index is 0.0755. The van der Waals surface area contributed by atoms with E-state index in [9.17, 15) is 4.79 Å². The minimum absolute atomic E-state index is 0.0755. The molecule has 1 saturated heterocycles. The number of rotatable bonds is 4. The highest BCUT2D eigenvalue weighted by molar-refractivity contribution is 7.17. The predicted molar refractivity (Wildman–Crippen MR) is 101 cm³/mol. The lowest BCUT2D eigenvalue weighted by Gasteiger charge is -2.36.